The molecule has 1 N–H and O–H groups in total. The van der Waals surface area contributed by atoms with E-state index in [1.807, 2.05) is 0 Å². The Morgan fingerprint density at radius 3 is 2.46 bits per heavy atom. The third-order valence-electron chi connectivity index (χ3n) is 4.66. The number of fused-ring (bicyclic) bond motifs is 1. The second-order valence-corrected chi connectivity index (χ2v) is 6.88. The Hall–Kier alpha value is -2.67. The molecule has 26 heavy (non-hydrogen) atoms. The molecular formula is C18H18ClN5O2. The number of carbonyl (C=O) groups excluding carboxylic acids is 1. The van der Waals surface area contributed by atoms with E-state index < -0.39 is 0 Å². The molecule has 1 aromatic carbocycles. The Balaban J connectivity index is 1.73. The van der Waals surface area contributed by atoms with Gasteiger partial charge in [0.15, 0.2) is 11.2 Å². The molecule has 3 heterocycles. The van der Waals surface area contributed by atoms with Crippen LogP contribution in [0.25, 0.3) is 16.8 Å². The SMILES string of the molecule is O=C(c1nnn2cc(-c3ccc(Cl)cc3)[nH]c(=O)c12)N1CCCCCC1. The second kappa shape index (κ2) is 6.92. The quantitative estimate of drug-likeness (QED) is 0.750. The van der Waals surface area contributed by atoms with E-state index in [0.717, 1.165) is 31.2 Å². The van der Waals surface area contributed by atoms with Gasteiger partial charge < -0.3 is 9.88 Å². The number of carbonyl (C=O) groups is 1. The Labute approximate surface area is 154 Å². The molecule has 1 aliphatic rings. The molecule has 2 aromatic heterocycles. The third kappa shape index (κ3) is 3.10. The van der Waals surface area contributed by atoms with Gasteiger partial charge in [0.2, 0.25) is 0 Å². The van der Waals surface area contributed by atoms with E-state index >= 15 is 0 Å². The molecular weight excluding hydrogens is 354 g/mol. The molecule has 1 saturated heterocycles. The molecule has 0 unspecified atom stereocenters. The van der Waals surface area contributed by atoms with Gasteiger partial charge in [-0.1, -0.05) is 41.8 Å². The average molecular weight is 372 g/mol. The van der Waals surface area contributed by atoms with Crippen molar-refractivity contribution in [1.29, 1.82) is 0 Å². The maximum absolute atomic E-state index is 12.8. The first kappa shape index (κ1) is 16.8. The lowest BCUT2D eigenvalue weighted by molar-refractivity contribution is 0.0757. The van der Waals surface area contributed by atoms with Crippen LogP contribution in [0.5, 0.6) is 0 Å². The monoisotopic (exact) mass is 371 g/mol. The van der Waals surface area contributed by atoms with Crippen molar-refractivity contribution < 1.29 is 4.79 Å². The van der Waals surface area contributed by atoms with Gasteiger partial charge in [-0.15, -0.1) is 5.10 Å². The number of hydrogen-bond acceptors (Lipinski definition) is 4. The van der Waals surface area contributed by atoms with Gasteiger partial charge in [-0.3, -0.25) is 9.59 Å². The first-order valence-electron chi connectivity index (χ1n) is 8.67. The van der Waals surface area contributed by atoms with Gasteiger partial charge in [-0.05, 0) is 30.5 Å². The van der Waals surface area contributed by atoms with Crippen molar-refractivity contribution in [1.82, 2.24) is 24.7 Å². The molecule has 1 aliphatic heterocycles. The zero-order chi connectivity index (χ0) is 18.1. The largest absolute Gasteiger partial charge is 0.337 e. The highest BCUT2D eigenvalue weighted by atomic mass is 35.5. The van der Waals surface area contributed by atoms with Crippen LogP contribution in [0, 0.1) is 0 Å². The lowest BCUT2D eigenvalue weighted by atomic mass is 10.1. The van der Waals surface area contributed by atoms with E-state index in [1.165, 1.54) is 4.52 Å². The number of nitrogens with zero attached hydrogens (tertiary/aromatic N) is 4. The Kier molecular flexibility index (Phi) is 4.46. The molecule has 8 heteroatoms. The topological polar surface area (TPSA) is 83.4 Å². The van der Waals surface area contributed by atoms with E-state index in [2.05, 4.69) is 15.3 Å². The van der Waals surface area contributed by atoms with Gasteiger partial charge in [0.1, 0.15) is 0 Å². The third-order valence-corrected chi connectivity index (χ3v) is 4.91. The molecule has 0 saturated carbocycles. The van der Waals surface area contributed by atoms with Gasteiger partial charge in [0.05, 0.1) is 11.9 Å². The van der Waals surface area contributed by atoms with Crippen molar-refractivity contribution in [3.05, 3.63) is 51.5 Å². The number of rotatable bonds is 2. The Bertz CT molecular complexity index is 1000. The van der Waals surface area contributed by atoms with Crippen LogP contribution in [-0.2, 0) is 0 Å². The van der Waals surface area contributed by atoms with E-state index in [4.69, 9.17) is 11.6 Å². The molecule has 1 fully saturated rings. The molecule has 0 spiro atoms. The van der Waals surface area contributed by atoms with Crippen LogP contribution in [0.3, 0.4) is 0 Å². The minimum atomic E-state index is -0.388. The first-order chi connectivity index (χ1) is 12.6. The van der Waals surface area contributed by atoms with Crippen molar-refractivity contribution in [2.24, 2.45) is 0 Å². The number of halogens is 1. The van der Waals surface area contributed by atoms with E-state index in [9.17, 15) is 9.59 Å². The van der Waals surface area contributed by atoms with Gasteiger partial charge in [-0.2, -0.15) is 0 Å². The van der Waals surface area contributed by atoms with Crippen molar-refractivity contribution in [2.75, 3.05) is 13.1 Å². The van der Waals surface area contributed by atoms with Gasteiger partial charge >= 0.3 is 0 Å². The predicted octanol–water partition coefficient (Wildman–Crippen LogP) is 2.75. The summed E-state index contributed by atoms with van der Waals surface area (Å²) in [6, 6.07) is 7.10. The van der Waals surface area contributed by atoms with Crippen LogP contribution < -0.4 is 5.56 Å². The summed E-state index contributed by atoms with van der Waals surface area (Å²) in [5, 5.41) is 8.60. The number of amides is 1. The Morgan fingerprint density at radius 1 is 1.08 bits per heavy atom. The summed E-state index contributed by atoms with van der Waals surface area (Å²) < 4.78 is 1.37. The fourth-order valence-corrected chi connectivity index (χ4v) is 3.40. The fourth-order valence-electron chi connectivity index (χ4n) is 3.28. The molecule has 0 radical (unpaired) electrons. The summed E-state index contributed by atoms with van der Waals surface area (Å²) in [7, 11) is 0. The second-order valence-electron chi connectivity index (χ2n) is 6.44. The zero-order valence-electron chi connectivity index (χ0n) is 14.1. The predicted molar refractivity (Wildman–Crippen MR) is 98.4 cm³/mol. The number of aromatic amines is 1. The van der Waals surface area contributed by atoms with E-state index in [1.54, 1.807) is 35.4 Å². The number of hydrogen-bond donors (Lipinski definition) is 1. The molecule has 3 aromatic rings. The normalized spacial score (nSPS) is 15.2. The van der Waals surface area contributed by atoms with Crippen molar-refractivity contribution >= 4 is 23.0 Å². The van der Waals surface area contributed by atoms with Crippen LogP contribution in [0.15, 0.2) is 35.3 Å². The van der Waals surface area contributed by atoms with Crippen LogP contribution in [0.2, 0.25) is 5.02 Å². The first-order valence-corrected chi connectivity index (χ1v) is 9.05. The molecule has 1 amide bonds. The number of benzene rings is 1. The highest BCUT2D eigenvalue weighted by Gasteiger charge is 2.24. The lowest BCUT2D eigenvalue weighted by Gasteiger charge is -2.18. The maximum atomic E-state index is 12.8. The minimum Gasteiger partial charge on any atom is -0.337 e. The maximum Gasteiger partial charge on any atom is 0.276 e. The van der Waals surface area contributed by atoms with E-state index in [0.29, 0.717) is 23.8 Å². The number of likely N-dealkylation sites (tertiary alicyclic amines) is 1. The molecule has 0 atom stereocenters. The molecule has 0 aliphatic carbocycles. The summed E-state index contributed by atoms with van der Waals surface area (Å²) in [6.45, 7) is 1.39. The van der Waals surface area contributed by atoms with E-state index in [-0.39, 0.29) is 22.7 Å². The van der Waals surface area contributed by atoms with Gasteiger partial charge in [-0.25, -0.2) is 4.52 Å². The van der Waals surface area contributed by atoms with Crippen LogP contribution >= 0.6 is 11.6 Å². The molecule has 134 valence electrons. The molecule has 7 nitrogen and oxygen atoms in total. The zero-order valence-corrected chi connectivity index (χ0v) is 14.9. The van der Waals surface area contributed by atoms with Crippen LogP contribution in [0.1, 0.15) is 36.2 Å². The number of nitrogens with one attached hydrogen (secondary N) is 1. The summed E-state index contributed by atoms with van der Waals surface area (Å²) in [5.41, 5.74) is 1.27. The lowest BCUT2D eigenvalue weighted by Crippen LogP contribution is -2.33. The summed E-state index contributed by atoms with van der Waals surface area (Å²) >= 11 is 5.91. The van der Waals surface area contributed by atoms with Crippen molar-refractivity contribution in [3.8, 4) is 11.3 Å². The molecule has 4 rings (SSSR count). The van der Waals surface area contributed by atoms with Gasteiger partial charge in [0.25, 0.3) is 11.5 Å². The number of H-pyrrole nitrogens is 1. The smallest absolute Gasteiger partial charge is 0.276 e. The van der Waals surface area contributed by atoms with Crippen LogP contribution in [0.4, 0.5) is 0 Å². The summed E-state index contributed by atoms with van der Waals surface area (Å²) in [6.07, 6.45) is 5.85. The standard InChI is InChI=1S/C18H18ClN5O2/c19-13-7-5-12(6-8-13)14-11-24-16(17(25)20-14)15(21-22-24)18(26)23-9-3-1-2-4-10-23/h5-8,11H,1-4,9-10H2,(H,20,25). The average Bonchev–Trinajstić information content (AvgIpc) is 2.88. The van der Waals surface area contributed by atoms with Crippen molar-refractivity contribution in [2.45, 2.75) is 25.7 Å². The minimum absolute atomic E-state index is 0.107. The van der Waals surface area contributed by atoms with Gasteiger partial charge in [0, 0.05) is 18.1 Å². The fraction of sp³-hybridized carbons (Fsp3) is 0.333. The summed E-state index contributed by atoms with van der Waals surface area (Å²) in [4.78, 5) is 30.0. The number of aromatic nitrogens is 4. The summed E-state index contributed by atoms with van der Waals surface area (Å²) in [5.74, 6) is -0.230. The van der Waals surface area contributed by atoms with Crippen LogP contribution in [-0.4, -0.2) is 43.7 Å². The molecule has 0 bridgehead atoms. The highest BCUT2D eigenvalue weighted by Crippen LogP contribution is 2.20. The Morgan fingerprint density at radius 2 is 1.77 bits per heavy atom. The van der Waals surface area contributed by atoms with Crippen molar-refractivity contribution in [3.63, 3.8) is 0 Å². The highest BCUT2D eigenvalue weighted by molar-refractivity contribution is 6.30.